The molecule has 0 saturated heterocycles. The summed E-state index contributed by atoms with van der Waals surface area (Å²) in [7, 11) is 0. The predicted molar refractivity (Wildman–Crippen MR) is 54.0 cm³/mol. The number of aromatic carboxylic acids is 1. The molecule has 17 heavy (non-hydrogen) atoms. The van der Waals surface area contributed by atoms with Gasteiger partial charge in [-0.15, -0.1) is 0 Å². The van der Waals surface area contributed by atoms with E-state index in [1.165, 1.54) is 24.3 Å². The Morgan fingerprint density at radius 3 is 2.00 bits per heavy atom. The van der Waals surface area contributed by atoms with Gasteiger partial charge in [0.1, 0.15) is 0 Å². The van der Waals surface area contributed by atoms with Crippen LogP contribution in [0.1, 0.15) is 20.7 Å². The van der Waals surface area contributed by atoms with Gasteiger partial charge < -0.3 is 20.7 Å². The minimum absolute atomic E-state index is 0.00278. The van der Waals surface area contributed by atoms with E-state index in [-0.39, 0.29) is 11.1 Å². The van der Waals surface area contributed by atoms with Gasteiger partial charge in [-0.3, -0.25) is 4.79 Å². The van der Waals surface area contributed by atoms with Crippen molar-refractivity contribution < 1.29 is 29.3 Å². The molecular formula is C10H9NO6. The van der Waals surface area contributed by atoms with E-state index in [0.717, 1.165) is 0 Å². The van der Waals surface area contributed by atoms with Gasteiger partial charge in [0.05, 0.1) is 11.1 Å². The lowest BCUT2D eigenvalue weighted by atomic mass is 10.1. The Kier molecular flexibility index (Phi) is 3.78. The van der Waals surface area contributed by atoms with Crippen LogP contribution < -0.4 is 5.73 Å². The Balaban J connectivity index is 2.77. The quantitative estimate of drug-likeness (QED) is 0.473. The number of carbonyl (C=O) groups excluding carboxylic acids is 2. The van der Waals surface area contributed by atoms with Crippen molar-refractivity contribution in [1.29, 1.82) is 0 Å². The van der Waals surface area contributed by atoms with E-state index in [1.807, 2.05) is 0 Å². The summed E-state index contributed by atoms with van der Waals surface area (Å²) in [6.45, 7) is 0. The second kappa shape index (κ2) is 5.08. The highest BCUT2D eigenvalue weighted by Gasteiger charge is 2.18. The second-order valence-corrected chi connectivity index (χ2v) is 3.04. The summed E-state index contributed by atoms with van der Waals surface area (Å²) in [5, 5.41) is 17.5. The first-order chi connectivity index (χ1) is 7.91. The van der Waals surface area contributed by atoms with Crippen molar-refractivity contribution in [2.75, 3.05) is 0 Å². The van der Waals surface area contributed by atoms with Crippen molar-refractivity contribution in [2.24, 2.45) is 5.73 Å². The minimum atomic E-state index is -2.03. The molecule has 0 heterocycles. The number of nitrogens with two attached hydrogens (primary N) is 1. The second-order valence-electron chi connectivity index (χ2n) is 3.04. The Hall–Kier alpha value is -2.41. The number of carboxylic acids is 1. The summed E-state index contributed by atoms with van der Waals surface area (Å²) < 4.78 is 4.29. The molecule has 1 aromatic carbocycles. The molecule has 90 valence electrons. The number of hydrogen-bond donors (Lipinski definition) is 3. The summed E-state index contributed by atoms with van der Waals surface area (Å²) >= 11 is 0. The van der Waals surface area contributed by atoms with Gasteiger partial charge in [0, 0.05) is 0 Å². The molecule has 0 saturated carbocycles. The number of amides is 1. The van der Waals surface area contributed by atoms with Gasteiger partial charge in [-0.05, 0) is 24.3 Å². The Labute approximate surface area is 95.4 Å². The van der Waals surface area contributed by atoms with E-state index < -0.39 is 24.1 Å². The van der Waals surface area contributed by atoms with E-state index >= 15 is 0 Å². The van der Waals surface area contributed by atoms with Gasteiger partial charge in [-0.1, -0.05) is 0 Å². The first kappa shape index (κ1) is 12.7. The Morgan fingerprint density at radius 2 is 1.59 bits per heavy atom. The molecule has 0 aromatic heterocycles. The fourth-order valence-corrected chi connectivity index (χ4v) is 0.976. The third-order valence-corrected chi connectivity index (χ3v) is 1.83. The highest BCUT2D eigenvalue weighted by molar-refractivity contribution is 5.93. The third-order valence-electron chi connectivity index (χ3n) is 1.83. The number of esters is 1. The third kappa shape index (κ3) is 3.28. The molecule has 4 N–H and O–H groups in total. The highest BCUT2D eigenvalue weighted by Crippen LogP contribution is 2.07. The molecule has 0 aliphatic heterocycles. The SMILES string of the molecule is NC(=O)C(O)OC(=O)c1ccc(C(=O)O)cc1. The lowest BCUT2D eigenvalue weighted by Crippen LogP contribution is -2.32. The van der Waals surface area contributed by atoms with Crippen LogP contribution in [0.4, 0.5) is 0 Å². The van der Waals surface area contributed by atoms with Crippen molar-refractivity contribution in [2.45, 2.75) is 6.29 Å². The summed E-state index contributed by atoms with van der Waals surface area (Å²) in [4.78, 5) is 32.3. The normalized spacial score (nSPS) is 11.6. The molecule has 7 nitrogen and oxygen atoms in total. The maximum atomic E-state index is 11.3. The zero-order chi connectivity index (χ0) is 13.0. The molecule has 0 bridgehead atoms. The van der Waals surface area contributed by atoms with E-state index in [0.29, 0.717) is 0 Å². The molecule has 0 aliphatic carbocycles. The first-order valence-corrected chi connectivity index (χ1v) is 4.43. The standard InChI is InChI=1S/C10H9NO6/c11-7(12)10(16)17-9(15)6-3-1-5(2-4-6)8(13)14/h1-4,10,16H,(H2,11,12)(H,13,14). The van der Waals surface area contributed by atoms with Crippen molar-refractivity contribution in [1.82, 2.24) is 0 Å². The maximum Gasteiger partial charge on any atom is 0.340 e. The average Bonchev–Trinajstić information content (AvgIpc) is 2.28. The number of ether oxygens (including phenoxy) is 1. The van der Waals surface area contributed by atoms with Crippen LogP contribution in [0.15, 0.2) is 24.3 Å². The molecule has 1 rings (SSSR count). The van der Waals surface area contributed by atoms with Gasteiger partial charge >= 0.3 is 11.9 Å². The Bertz CT molecular complexity index is 452. The summed E-state index contributed by atoms with van der Waals surface area (Å²) in [5.74, 6) is -3.31. The van der Waals surface area contributed by atoms with Gasteiger partial charge in [-0.2, -0.15) is 0 Å². The number of primary amides is 1. The fourth-order valence-electron chi connectivity index (χ4n) is 0.976. The molecule has 0 radical (unpaired) electrons. The number of carboxylic acid groups (broad SMARTS) is 1. The van der Waals surface area contributed by atoms with Crippen LogP contribution in [-0.4, -0.2) is 34.3 Å². The largest absolute Gasteiger partial charge is 0.478 e. The fraction of sp³-hybridized carbons (Fsp3) is 0.100. The molecular weight excluding hydrogens is 230 g/mol. The Morgan fingerprint density at radius 1 is 1.12 bits per heavy atom. The number of carbonyl (C=O) groups is 3. The van der Waals surface area contributed by atoms with Crippen LogP contribution in [0.3, 0.4) is 0 Å². The maximum absolute atomic E-state index is 11.3. The first-order valence-electron chi connectivity index (χ1n) is 4.43. The van der Waals surface area contributed by atoms with Crippen LogP contribution in [0.5, 0.6) is 0 Å². The number of aliphatic hydroxyl groups excluding tert-OH is 1. The molecule has 1 unspecified atom stereocenters. The van der Waals surface area contributed by atoms with E-state index in [2.05, 4.69) is 10.5 Å². The smallest absolute Gasteiger partial charge is 0.340 e. The van der Waals surface area contributed by atoms with Gasteiger partial charge in [0.2, 0.25) is 0 Å². The average molecular weight is 239 g/mol. The lowest BCUT2D eigenvalue weighted by molar-refractivity contribution is -0.145. The summed E-state index contributed by atoms with van der Waals surface area (Å²) in [5.41, 5.74) is 4.68. The molecule has 1 amide bonds. The monoisotopic (exact) mass is 239 g/mol. The van der Waals surface area contributed by atoms with Crippen LogP contribution in [0, 0.1) is 0 Å². The van der Waals surface area contributed by atoms with Crippen LogP contribution in [-0.2, 0) is 9.53 Å². The number of benzene rings is 1. The molecule has 1 aromatic rings. The van der Waals surface area contributed by atoms with Gasteiger partial charge in [0.15, 0.2) is 0 Å². The van der Waals surface area contributed by atoms with Crippen molar-refractivity contribution in [3.63, 3.8) is 0 Å². The summed E-state index contributed by atoms with van der Waals surface area (Å²) in [6.07, 6.45) is -2.03. The molecule has 0 aliphatic rings. The molecule has 0 spiro atoms. The number of rotatable bonds is 4. The molecule has 1 atom stereocenters. The van der Waals surface area contributed by atoms with Crippen molar-refractivity contribution in [3.8, 4) is 0 Å². The molecule has 7 heteroatoms. The summed E-state index contributed by atoms with van der Waals surface area (Å²) in [6, 6.07) is 4.77. The zero-order valence-corrected chi connectivity index (χ0v) is 8.49. The topological polar surface area (TPSA) is 127 Å². The van der Waals surface area contributed by atoms with Crippen LogP contribution in [0.25, 0.3) is 0 Å². The van der Waals surface area contributed by atoms with E-state index in [9.17, 15) is 14.4 Å². The van der Waals surface area contributed by atoms with Crippen molar-refractivity contribution in [3.05, 3.63) is 35.4 Å². The van der Waals surface area contributed by atoms with Gasteiger partial charge in [0.25, 0.3) is 12.2 Å². The number of aliphatic hydroxyl groups is 1. The lowest BCUT2D eigenvalue weighted by Gasteiger charge is -2.08. The van der Waals surface area contributed by atoms with Gasteiger partial charge in [-0.25, -0.2) is 9.59 Å². The van der Waals surface area contributed by atoms with Crippen LogP contribution in [0.2, 0.25) is 0 Å². The minimum Gasteiger partial charge on any atom is -0.478 e. The molecule has 0 fully saturated rings. The number of hydrogen-bond acceptors (Lipinski definition) is 5. The predicted octanol–water partition coefficient (Wildman–Crippen LogP) is -0.655. The van der Waals surface area contributed by atoms with Crippen molar-refractivity contribution >= 4 is 17.8 Å². The van der Waals surface area contributed by atoms with E-state index in [4.69, 9.17) is 10.2 Å². The van der Waals surface area contributed by atoms with Crippen LogP contribution >= 0.6 is 0 Å². The van der Waals surface area contributed by atoms with E-state index in [1.54, 1.807) is 0 Å². The highest BCUT2D eigenvalue weighted by atomic mass is 16.6. The zero-order valence-electron chi connectivity index (χ0n) is 8.49.